The molecule has 3 rings (SSSR count). The Labute approximate surface area is 154 Å². The first-order chi connectivity index (χ1) is 12.5. The molecule has 1 heterocycles. The first-order valence-electron chi connectivity index (χ1n) is 9.04. The van der Waals surface area contributed by atoms with E-state index in [0.717, 1.165) is 41.0 Å². The number of ether oxygens (including phenoxy) is 2. The lowest BCUT2D eigenvalue weighted by atomic mass is 10.0. The molecule has 0 aromatic heterocycles. The molecular weight excluding hydrogens is 330 g/mol. The molecule has 0 aliphatic carbocycles. The van der Waals surface area contributed by atoms with Crippen molar-refractivity contribution in [2.75, 3.05) is 18.1 Å². The fraction of sp³-hybridized carbons (Fsp3) is 0.381. The highest BCUT2D eigenvalue weighted by atomic mass is 16.6. The lowest BCUT2D eigenvalue weighted by Gasteiger charge is -2.18. The molecule has 1 N–H and O–H groups in total. The SMILES string of the molecule is CCc1cc(O)cc(CC)c1OCC1CN(c2ccccc2C)C(=O)O1. The molecular formula is C21H25NO4. The summed E-state index contributed by atoms with van der Waals surface area (Å²) < 4.78 is 11.5. The molecule has 1 aliphatic heterocycles. The summed E-state index contributed by atoms with van der Waals surface area (Å²) in [6.45, 7) is 6.78. The van der Waals surface area contributed by atoms with Gasteiger partial charge in [0.25, 0.3) is 0 Å². The summed E-state index contributed by atoms with van der Waals surface area (Å²) in [6.07, 6.45) is 0.850. The maximum atomic E-state index is 12.3. The third-order valence-electron chi connectivity index (χ3n) is 4.68. The quantitative estimate of drug-likeness (QED) is 0.842. The third kappa shape index (κ3) is 3.62. The van der Waals surface area contributed by atoms with Gasteiger partial charge in [0.15, 0.2) is 6.10 Å². The predicted octanol–water partition coefficient (Wildman–Crippen LogP) is 4.23. The Morgan fingerprint density at radius 2 is 1.85 bits per heavy atom. The number of benzene rings is 2. The number of phenols is 1. The van der Waals surface area contributed by atoms with Gasteiger partial charge in [0, 0.05) is 0 Å². The van der Waals surface area contributed by atoms with Crippen molar-refractivity contribution in [1.29, 1.82) is 0 Å². The lowest BCUT2D eigenvalue weighted by Crippen LogP contribution is -2.27. The van der Waals surface area contributed by atoms with Crippen LogP contribution < -0.4 is 9.64 Å². The van der Waals surface area contributed by atoms with Crippen molar-refractivity contribution < 1.29 is 19.4 Å². The van der Waals surface area contributed by atoms with Crippen LogP contribution in [0.15, 0.2) is 36.4 Å². The molecule has 1 amide bonds. The molecule has 1 saturated heterocycles. The van der Waals surface area contributed by atoms with Crippen molar-refractivity contribution in [1.82, 2.24) is 0 Å². The first kappa shape index (κ1) is 18.1. The zero-order valence-corrected chi connectivity index (χ0v) is 15.5. The van der Waals surface area contributed by atoms with Crippen LogP contribution >= 0.6 is 0 Å². The minimum absolute atomic E-state index is 0.254. The number of hydrogen-bond donors (Lipinski definition) is 1. The summed E-state index contributed by atoms with van der Waals surface area (Å²) in [6, 6.07) is 11.2. The summed E-state index contributed by atoms with van der Waals surface area (Å²) >= 11 is 0. The Balaban J connectivity index is 1.72. The van der Waals surface area contributed by atoms with E-state index in [1.165, 1.54) is 0 Å². The summed E-state index contributed by atoms with van der Waals surface area (Å²) in [5.41, 5.74) is 3.82. The van der Waals surface area contributed by atoms with Crippen LogP contribution in [0.3, 0.4) is 0 Å². The molecule has 5 nitrogen and oxygen atoms in total. The average Bonchev–Trinajstić information content (AvgIpc) is 3.00. The lowest BCUT2D eigenvalue weighted by molar-refractivity contribution is 0.104. The Kier molecular flexibility index (Phi) is 5.35. The van der Waals surface area contributed by atoms with Gasteiger partial charge in [-0.1, -0.05) is 32.0 Å². The molecule has 0 saturated carbocycles. The van der Waals surface area contributed by atoms with E-state index in [2.05, 4.69) is 0 Å². The molecule has 138 valence electrons. The number of phenolic OH excluding ortho intramolecular Hbond substituents is 1. The van der Waals surface area contributed by atoms with E-state index in [4.69, 9.17) is 9.47 Å². The highest BCUT2D eigenvalue weighted by molar-refractivity contribution is 5.90. The Morgan fingerprint density at radius 3 is 2.46 bits per heavy atom. The monoisotopic (exact) mass is 355 g/mol. The number of anilines is 1. The van der Waals surface area contributed by atoms with Gasteiger partial charge in [-0.3, -0.25) is 4.90 Å². The van der Waals surface area contributed by atoms with E-state index in [1.54, 1.807) is 17.0 Å². The van der Waals surface area contributed by atoms with Crippen LogP contribution in [-0.4, -0.2) is 30.5 Å². The van der Waals surface area contributed by atoms with Gasteiger partial charge in [0.2, 0.25) is 0 Å². The van der Waals surface area contributed by atoms with E-state index in [9.17, 15) is 9.90 Å². The third-order valence-corrected chi connectivity index (χ3v) is 4.68. The van der Waals surface area contributed by atoms with Gasteiger partial charge in [0.05, 0.1) is 12.2 Å². The number of rotatable bonds is 6. The molecule has 0 spiro atoms. The fourth-order valence-electron chi connectivity index (χ4n) is 3.29. The van der Waals surface area contributed by atoms with Crippen molar-refractivity contribution in [3.63, 3.8) is 0 Å². The largest absolute Gasteiger partial charge is 0.508 e. The number of aryl methyl sites for hydroxylation is 3. The van der Waals surface area contributed by atoms with Crippen molar-refractivity contribution in [3.8, 4) is 11.5 Å². The number of hydrogen-bond acceptors (Lipinski definition) is 4. The van der Waals surface area contributed by atoms with Gasteiger partial charge in [-0.05, 0) is 54.7 Å². The minimum Gasteiger partial charge on any atom is -0.508 e. The highest BCUT2D eigenvalue weighted by Crippen LogP contribution is 2.31. The molecule has 0 bridgehead atoms. The van der Waals surface area contributed by atoms with Crippen LogP contribution in [0.4, 0.5) is 10.5 Å². The van der Waals surface area contributed by atoms with Gasteiger partial charge < -0.3 is 14.6 Å². The van der Waals surface area contributed by atoms with Crippen LogP contribution in [0.5, 0.6) is 11.5 Å². The van der Waals surface area contributed by atoms with E-state index in [0.29, 0.717) is 13.2 Å². The van der Waals surface area contributed by atoms with Gasteiger partial charge >= 0.3 is 6.09 Å². The molecule has 1 atom stereocenters. The molecule has 1 unspecified atom stereocenters. The van der Waals surface area contributed by atoms with Crippen LogP contribution in [-0.2, 0) is 17.6 Å². The molecule has 2 aromatic rings. The van der Waals surface area contributed by atoms with E-state index < -0.39 is 0 Å². The first-order valence-corrected chi connectivity index (χ1v) is 9.04. The molecule has 0 radical (unpaired) electrons. The van der Waals surface area contributed by atoms with Gasteiger partial charge in [0.1, 0.15) is 18.1 Å². The number of cyclic esters (lactones) is 1. The Morgan fingerprint density at radius 1 is 1.19 bits per heavy atom. The summed E-state index contributed by atoms with van der Waals surface area (Å²) in [5.74, 6) is 1.04. The maximum Gasteiger partial charge on any atom is 0.414 e. The number of carbonyl (C=O) groups is 1. The summed E-state index contributed by atoms with van der Waals surface area (Å²) in [7, 11) is 0. The van der Waals surface area contributed by atoms with Crippen molar-refractivity contribution >= 4 is 11.8 Å². The second-order valence-corrected chi connectivity index (χ2v) is 6.51. The van der Waals surface area contributed by atoms with Gasteiger partial charge in [-0.2, -0.15) is 0 Å². The van der Waals surface area contributed by atoms with Crippen LogP contribution in [0.2, 0.25) is 0 Å². The number of para-hydroxylation sites is 1. The van der Waals surface area contributed by atoms with Gasteiger partial charge in [-0.15, -0.1) is 0 Å². The Hall–Kier alpha value is -2.69. The number of nitrogens with zero attached hydrogens (tertiary/aromatic N) is 1. The maximum absolute atomic E-state index is 12.3. The van der Waals surface area contributed by atoms with E-state index >= 15 is 0 Å². The highest BCUT2D eigenvalue weighted by Gasteiger charge is 2.33. The predicted molar refractivity (Wildman–Crippen MR) is 101 cm³/mol. The van der Waals surface area contributed by atoms with E-state index in [-0.39, 0.29) is 17.9 Å². The minimum atomic E-state index is -0.343. The second kappa shape index (κ2) is 7.68. The zero-order chi connectivity index (χ0) is 18.7. The molecule has 1 fully saturated rings. The second-order valence-electron chi connectivity index (χ2n) is 6.51. The standard InChI is InChI=1S/C21H25NO4/c1-4-15-10-17(23)11-16(5-2)20(15)25-13-18-12-22(21(24)26-18)19-9-7-6-8-14(19)3/h6-11,18,23H,4-5,12-13H2,1-3H3. The van der Waals surface area contributed by atoms with Crippen LogP contribution in [0.1, 0.15) is 30.5 Å². The average molecular weight is 355 g/mol. The number of amides is 1. The molecule has 26 heavy (non-hydrogen) atoms. The van der Waals surface area contributed by atoms with Crippen molar-refractivity contribution in [2.24, 2.45) is 0 Å². The van der Waals surface area contributed by atoms with Gasteiger partial charge in [-0.25, -0.2) is 4.79 Å². The normalized spacial score (nSPS) is 16.7. The molecule has 2 aromatic carbocycles. The molecule has 5 heteroatoms. The van der Waals surface area contributed by atoms with Crippen molar-refractivity contribution in [2.45, 2.75) is 39.7 Å². The van der Waals surface area contributed by atoms with Crippen LogP contribution in [0.25, 0.3) is 0 Å². The fourth-order valence-corrected chi connectivity index (χ4v) is 3.29. The van der Waals surface area contributed by atoms with E-state index in [1.807, 2.05) is 45.0 Å². The summed E-state index contributed by atoms with van der Waals surface area (Å²) in [5, 5.41) is 9.85. The molecule has 1 aliphatic rings. The van der Waals surface area contributed by atoms with Crippen molar-refractivity contribution in [3.05, 3.63) is 53.1 Å². The Bertz CT molecular complexity index is 777. The zero-order valence-electron chi connectivity index (χ0n) is 15.5. The number of aromatic hydroxyl groups is 1. The summed E-state index contributed by atoms with van der Waals surface area (Å²) in [4.78, 5) is 13.9. The van der Waals surface area contributed by atoms with Crippen LogP contribution in [0, 0.1) is 6.92 Å². The number of carbonyl (C=O) groups excluding carboxylic acids is 1. The smallest absolute Gasteiger partial charge is 0.414 e. The topological polar surface area (TPSA) is 59.0 Å².